The highest BCUT2D eigenvalue weighted by atomic mass is 32.2. The fraction of sp³-hybridized carbons (Fsp3) is 0.0556. The summed E-state index contributed by atoms with van der Waals surface area (Å²) >= 11 is 1.48. The molecule has 0 radical (unpaired) electrons. The predicted octanol–water partition coefficient (Wildman–Crippen LogP) is 3.57. The molecule has 0 aliphatic rings. The fourth-order valence-electron chi connectivity index (χ4n) is 2.40. The molecule has 0 aliphatic carbocycles. The Kier molecular flexibility index (Phi) is 4.97. The molecule has 6 nitrogen and oxygen atoms in total. The minimum Gasteiger partial charge on any atom is -0.288 e. The molecule has 0 aliphatic heterocycles. The lowest BCUT2D eigenvalue weighted by molar-refractivity contribution is 0.593. The van der Waals surface area contributed by atoms with Crippen LogP contribution in [0.2, 0.25) is 0 Å². The number of nitrogens with zero attached hydrogens (tertiary/aromatic N) is 4. The van der Waals surface area contributed by atoms with E-state index >= 15 is 0 Å². The van der Waals surface area contributed by atoms with Gasteiger partial charge in [-0.15, -0.1) is 11.3 Å². The first kappa shape index (κ1) is 18.0. The van der Waals surface area contributed by atoms with E-state index in [4.69, 9.17) is 0 Å². The molecule has 0 atom stereocenters. The van der Waals surface area contributed by atoms with Crippen LogP contribution < -0.4 is 0 Å². The van der Waals surface area contributed by atoms with Crippen molar-refractivity contribution in [2.45, 2.75) is 5.16 Å². The van der Waals surface area contributed by atoms with Gasteiger partial charge in [-0.2, -0.15) is 0 Å². The smallest absolute Gasteiger partial charge is 0.247 e. The summed E-state index contributed by atoms with van der Waals surface area (Å²) < 4.78 is 25.6. The molecule has 26 heavy (non-hydrogen) atoms. The summed E-state index contributed by atoms with van der Waals surface area (Å²) in [7, 11) is -3.52. The van der Waals surface area contributed by atoms with Crippen LogP contribution in [0, 0.1) is 0 Å². The molecule has 3 rings (SSSR count). The van der Waals surface area contributed by atoms with Gasteiger partial charge >= 0.3 is 0 Å². The quantitative estimate of drug-likeness (QED) is 0.480. The molecule has 0 saturated heterocycles. The summed E-state index contributed by atoms with van der Waals surface area (Å²) in [5.41, 5.74) is 2.65. The van der Waals surface area contributed by atoms with Gasteiger partial charge in [0.15, 0.2) is 4.96 Å². The van der Waals surface area contributed by atoms with E-state index in [9.17, 15) is 8.42 Å². The Bertz CT molecular complexity index is 1150. The number of hydrogen-bond acceptors (Lipinski definition) is 6. The van der Waals surface area contributed by atoms with Crippen LogP contribution in [-0.4, -0.2) is 34.0 Å². The number of aromatic nitrogens is 4. The van der Waals surface area contributed by atoms with Crippen molar-refractivity contribution >= 4 is 31.7 Å². The largest absolute Gasteiger partial charge is 0.288 e. The summed E-state index contributed by atoms with van der Waals surface area (Å²) in [6.45, 7) is 7.44. The third kappa shape index (κ3) is 3.42. The maximum Gasteiger partial charge on any atom is 0.247 e. The Morgan fingerprint density at radius 2 is 2.08 bits per heavy atom. The lowest BCUT2D eigenvalue weighted by Crippen LogP contribution is -2.05. The van der Waals surface area contributed by atoms with Gasteiger partial charge in [0.05, 0.1) is 11.4 Å². The number of allylic oxidation sites excluding steroid dienone is 6. The van der Waals surface area contributed by atoms with Crippen molar-refractivity contribution in [2.24, 2.45) is 0 Å². The molecule has 0 bridgehead atoms. The average molecular weight is 384 g/mol. The van der Waals surface area contributed by atoms with E-state index in [1.54, 1.807) is 24.3 Å². The van der Waals surface area contributed by atoms with Crippen LogP contribution in [0.1, 0.15) is 5.69 Å². The number of rotatable bonds is 6. The summed E-state index contributed by atoms with van der Waals surface area (Å²) in [6.07, 6.45) is 13.2. The zero-order valence-corrected chi connectivity index (χ0v) is 15.7. The van der Waals surface area contributed by atoms with E-state index in [0.29, 0.717) is 17.1 Å². The number of sulfone groups is 1. The molecule has 132 valence electrons. The molecule has 0 spiro atoms. The van der Waals surface area contributed by atoms with Gasteiger partial charge < -0.3 is 0 Å². The van der Waals surface area contributed by atoms with Crippen molar-refractivity contribution in [3.05, 3.63) is 73.1 Å². The minimum atomic E-state index is -3.52. The third-order valence-electron chi connectivity index (χ3n) is 3.45. The van der Waals surface area contributed by atoms with E-state index in [0.717, 1.165) is 16.8 Å². The number of hydrogen-bond donors (Lipinski definition) is 0. The second-order valence-electron chi connectivity index (χ2n) is 5.31. The minimum absolute atomic E-state index is 0.220. The van der Waals surface area contributed by atoms with Crippen molar-refractivity contribution in [3.8, 4) is 11.4 Å². The SMILES string of the molecule is C=C/C=C\C(=C/C=C)c1nc2sccn2c1-c1ccnc(S(C)(=O)=O)n1. The monoisotopic (exact) mass is 384 g/mol. The first-order valence-corrected chi connectivity index (χ1v) is 10.3. The highest BCUT2D eigenvalue weighted by molar-refractivity contribution is 7.90. The molecule has 0 saturated carbocycles. The first-order valence-electron chi connectivity index (χ1n) is 7.57. The maximum absolute atomic E-state index is 11.8. The van der Waals surface area contributed by atoms with E-state index in [1.165, 1.54) is 17.5 Å². The third-order valence-corrected chi connectivity index (χ3v) is 5.07. The molecular formula is C18H16N4O2S2. The first-order chi connectivity index (χ1) is 12.5. The molecule has 3 aromatic rings. The van der Waals surface area contributed by atoms with Gasteiger partial charge in [-0.1, -0.05) is 43.5 Å². The summed E-state index contributed by atoms with van der Waals surface area (Å²) in [5.74, 6) is 0. The van der Waals surface area contributed by atoms with Crippen LogP contribution in [0.15, 0.2) is 72.5 Å². The Labute approximate surface area is 155 Å². The van der Waals surface area contributed by atoms with Crippen molar-refractivity contribution in [1.82, 2.24) is 19.4 Å². The summed E-state index contributed by atoms with van der Waals surface area (Å²) in [6, 6.07) is 1.67. The van der Waals surface area contributed by atoms with E-state index in [2.05, 4.69) is 28.1 Å². The van der Waals surface area contributed by atoms with Crippen LogP contribution in [-0.2, 0) is 9.84 Å². The van der Waals surface area contributed by atoms with Crippen LogP contribution >= 0.6 is 11.3 Å². The van der Waals surface area contributed by atoms with Crippen molar-refractivity contribution < 1.29 is 8.42 Å². The fourth-order valence-corrected chi connectivity index (χ4v) is 3.63. The van der Waals surface area contributed by atoms with Crippen molar-refractivity contribution in [3.63, 3.8) is 0 Å². The zero-order chi connectivity index (χ0) is 18.7. The number of fused-ring (bicyclic) bond motifs is 1. The highest BCUT2D eigenvalue weighted by Gasteiger charge is 2.20. The van der Waals surface area contributed by atoms with Crippen molar-refractivity contribution in [2.75, 3.05) is 6.26 Å². The van der Waals surface area contributed by atoms with Crippen LogP contribution in [0.3, 0.4) is 0 Å². The number of thiazole rings is 1. The van der Waals surface area contributed by atoms with Crippen molar-refractivity contribution in [1.29, 1.82) is 0 Å². The van der Waals surface area contributed by atoms with E-state index < -0.39 is 9.84 Å². The van der Waals surface area contributed by atoms with Gasteiger partial charge in [0.2, 0.25) is 15.0 Å². The number of imidazole rings is 1. The standard InChI is InChI=1S/C18H16N4O2S2/c1-4-6-8-13(7-5-2)15-16(22-11-12-25-18(22)21-15)14-9-10-19-17(20-14)26(3,23)24/h4-12H,1-2H2,3H3/b8-6-,13-7+. The molecule has 0 fully saturated rings. The average Bonchev–Trinajstić information content (AvgIpc) is 3.18. The van der Waals surface area contributed by atoms with E-state index in [1.807, 2.05) is 28.1 Å². The Hall–Kier alpha value is -2.84. The molecule has 3 aromatic heterocycles. The molecule has 0 aromatic carbocycles. The summed E-state index contributed by atoms with van der Waals surface area (Å²) in [4.78, 5) is 13.6. The van der Waals surface area contributed by atoms with Crippen LogP contribution in [0.25, 0.3) is 21.9 Å². The van der Waals surface area contributed by atoms with Crippen LogP contribution in [0.4, 0.5) is 0 Å². The van der Waals surface area contributed by atoms with Gasteiger partial charge in [0.25, 0.3) is 0 Å². The Morgan fingerprint density at radius 1 is 1.27 bits per heavy atom. The van der Waals surface area contributed by atoms with Gasteiger partial charge in [-0.05, 0) is 6.07 Å². The second kappa shape index (κ2) is 7.19. The molecule has 0 amide bonds. The van der Waals surface area contributed by atoms with Gasteiger partial charge in [0, 0.05) is 29.6 Å². The molecule has 0 unspecified atom stereocenters. The second-order valence-corrected chi connectivity index (χ2v) is 8.10. The van der Waals surface area contributed by atoms with E-state index in [-0.39, 0.29) is 5.16 Å². The topological polar surface area (TPSA) is 77.2 Å². The van der Waals surface area contributed by atoms with Gasteiger partial charge in [-0.3, -0.25) is 4.40 Å². The molecule has 8 heteroatoms. The van der Waals surface area contributed by atoms with Gasteiger partial charge in [-0.25, -0.2) is 23.4 Å². The normalized spacial score (nSPS) is 12.7. The highest BCUT2D eigenvalue weighted by Crippen LogP contribution is 2.31. The Balaban J connectivity index is 2.30. The molecule has 3 heterocycles. The Morgan fingerprint density at radius 3 is 2.77 bits per heavy atom. The zero-order valence-electron chi connectivity index (χ0n) is 14.0. The maximum atomic E-state index is 11.8. The lowest BCUT2D eigenvalue weighted by Gasteiger charge is -2.06. The van der Waals surface area contributed by atoms with Gasteiger partial charge in [0.1, 0.15) is 5.69 Å². The predicted molar refractivity (Wildman–Crippen MR) is 105 cm³/mol. The van der Waals surface area contributed by atoms with Crippen LogP contribution in [0.5, 0.6) is 0 Å². The molecular weight excluding hydrogens is 368 g/mol. The lowest BCUT2D eigenvalue weighted by atomic mass is 10.1. The summed E-state index contributed by atoms with van der Waals surface area (Å²) in [5, 5.41) is 1.69. The molecule has 0 N–H and O–H groups in total.